The SMILES string of the molecule is CC(=O)N(C)NC(=S)CC(=S)NN(C)C(C)=O. The number of rotatable bonds is 2. The molecule has 0 aliphatic rings. The van der Waals surface area contributed by atoms with Crippen LogP contribution in [0.15, 0.2) is 0 Å². The number of hydrazine groups is 2. The highest BCUT2D eigenvalue weighted by molar-refractivity contribution is 7.82. The van der Waals surface area contributed by atoms with E-state index in [2.05, 4.69) is 10.9 Å². The quantitative estimate of drug-likeness (QED) is 0.547. The van der Waals surface area contributed by atoms with Gasteiger partial charge < -0.3 is 0 Å². The second-order valence-electron chi connectivity index (χ2n) is 3.40. The van der Waals surface area contributed by atoms with Crippen LogP contribution >= 0.6 is 24.4 Å². The number of amides is 2. The van der Waals surface area contributed by atoms with Crippen LogP contribution < -0.4 is 10.9 Å². The van der Waals surface area contributed by atoms with Crippen molar-refractivity contribution in [1.82, 2.24) is 20.9 Å². The molecule has 17 heavy (non-hydrogen) atoms. The molecule has 0 radical (unpaired) electrons. The van der Waals surface area contributed by atoms with Crippen molar-refractivity contribution < 1.29 is 9.59 Å². The zero-order chi connectivity index (χ0) is 13.6. The van der Waals surface area contributed by atoms with Crippen LogP contribution in [0.4, 0.5) is 0 Å². The van der Waals surface area contributed by atoms with Gasteiger partial charge in [0.1, 0.15) is 9.98 Å². The maximum Gasteiger partial charge on any atom is 0.237 e. The number of nitrogens with one attached hydrogen (secondary N) is 2. The Kier molecular flexibility index (Phi) is 6.59. The van der Waals surface area contributed by atoms with Crippen LogP contribution in [0.25, 0.3) is 0 Å². The Bertz CT molecular complexity index is 314. The lowest BCUT2D eigenvalue weighted by Crippen LogP contribution is -2.45. The molecule has 6 nitrogen and oxygen atoms in total. The summed E-state index contributed by atoms with van der Waals surface area (Å²) in [5.74, 6) is -0.320. The first-order valence-electron chi connectivity index (χ1n) is 4.81. The van der Waals surface area contributed by atoms with Crippen LogP contribution in [0, 0.1) is 0 Å². The van der Waals surface area contributed by atoms with Gasteiger partial charge in [-0.25, -0.2) is 0 Å². The summed E-state index contributed by atoms with van der Waals surface area (Å²) in [6.45, 7) is 2.82. The van der Waals surface area contributed by atoms with E-state index in [0.717, 1.165) is 0 Å². The molecule has 0 spiro atoms. The fourth-order valence-electron chi connectivity index (χ4n) is 0.756. The predicted molar refractivity (Wildman–Crippen MR) is 73.0 cm³/mol. The third-order valence-electron chi connectivity index (χ3n) is 1.85. The Balaban J connectivity index is 4.09. The van der Waals surface area contributed by atoms with Crippen molar-refractivity contribution >= 4 is 46.2 Å². The zero-order valence-electron chi connectivity index (χ0n) is 10.2. The van der Waals surface area contributed by atoms with E-state index in [0.29, 0.717) is 9.98 Å². The molecule has 0 aromatic heterocycles. The van der Waals surface area contributed by atoms with Gasteiger partial charge in [-0.2, -0.15) is 0 Å². The van der Waals surface area contributed by atoms with Gasteiger partial charge >= 0.3 is 0 Å². The van der Waals surface area contributed by atoms with Gasteiger partial charge in [-0.05, 0) is 0 Å². The minimum absolute atomic E-state index is 0.160. The van der Waals surface area contributed by atoms with Crippen molar-refractivity contribution in [2.24, 2.45) is 0 Å². The summed E-state index contributed by atoms with van der Waals surface area (Å²) < 4.78 is 0. The molecule has 0 aliphatic carbocycles. The number of hydrogen-bond acceptors (Lipinski definition) is 4. The number of thiocarbonyl (C=S) groups is 2. The largest absolute Gasteiger partial charge is 0.289 e. The Morgan fingerprint density at radius 3 is 1.47 bits per heavy atom. The van der Waals surface area contributed by atoms with Gasteiger partial charge in [0, 0.05) is 27.9 Å². The van der Waals surface area contributed by atoms with Gasteiger partial charge in [-0.15, -0.1) is 0 Å². The summed E-state index contributed by atoms with van der Waals surface area (Å²) in [6, 6.07) is 0. The van der Waals surface area contributed by atoms with Crippen molar-refractivity contribution in [1.29, 1.82) is 0 Å². The van der Waals surface area contributed by atoms with Gasteiger partial charge in [-0.1, -0.05) is 24.4 Å². The number of hydrogen-bond donors (Lipinski definition) is 2. The second kappa shape index (κ2) is 7.13. The van der Waals surface area contributed by atoms with Crippen LogP contribution in [0.5, 0.6) is 0 Å². The highest BCUT2D eigenvalue weighted by Crippen LogP contribution is 1.90. The van der Waals surface area contributed by atoms with Gasteiger partial charge in [0.15, 0.2) is 0 Å². The van der Waals surface area contributed by atoms with E-state index < -0.39 is 0 Å². The van der Waals surface area contributed by atoms with Gasteiger partial charge in [-0.3, -0.25) is 30.5 Å². The predicted octanol–water partition coefficient (Wildman–Crippen LogP) is -0.00290. The van der Waals surface area contributed by atoms with Crippen molar-refractivity contribution in [2.45, 2.75) is 20.3 Å². The molecule has 96 valence electrons. The first-order chi connectivity index (χ1) is 7.73. The summed E-state index contributed by atoms with van der Waals surface area (Å²) in [6.07, 6.45) is 0.264. The third-order valence-corrected chi connectivity index (χ3v) is 2.32. The van der Waals surface area contributed by atoms with E-state index in [9.17, 15) is 9.59 Å². The molecule has 0 saturated carbocycles. The van der Waals surface area contributed by atoms with Gasteiger partial charge in [0.05, 0.1) is 6.42 Å². The van der Waals surface area contributed by atoms with E-state index in [1.807, 2.05) is 0 Å². The Hall–Kier alpha value is -1.28. The second-order valence-corrected chi connectivity index (χ2v) is 4.39. The summed E-state index contributed by atoms with van der Waals surface area (Å²) in [5.41, 5.74) is 5.39. The Labute approximate surface area is 111 Å². The molecular weight excluding hydrogens is 260 g/mol. The van der Waals surface area contributed by atoms with Crippen LogP contribution in [0.1, 0.15) is 20.3 Å². The van der Waals surface area contributed by atoms with E-state index in [4.69, 9.17) is 24.4 Å². The molecule has 8 heteroatoms. The fourth-order valence-corrected chi connectivity index (χ4v) is 1.41. The molecule has 0 bridgehead atoms. The van der Waals surface area contributed by atoms with Crippen LogP contribution in [0.2, 0.25) is 0 Å². The highest BCUT2D eigenvalue weighted by Gasteiger charge is 2.09. The highest BCUT2D eigenvalue weighted by atomic mass is 32.1. The minimum Gasteiger partial charge on any atom is -0.289 e. The topological polar surface area (TPSA) is 64.7 Å². The third kappa shape index (κ3) is 6.80. The molecule has 0 saturated heterocycles. The molecule has 0 aromatic carbocycles. The average Bonchev–Trinajstić information content (AvgIpc) is 2.16. The lowest BCUT2D eigenvalue weighted by molar-refractivity contribution is -0.129. The summed E-state index contributed by atoms with van der Waals surface area (Å²) in [5, 5.41) is 2.53. The van der Waals surface area contributed by atoms with E-state index >= 15 is 0 Å². The normalized spacial score (nSPS) is 9.18. The molecule has 2 N–H and O–H groups in total. The molecule has 0 unspecified atom stereocenters. The first kappa shape index (κ1) is 15.7. The maximum atomic E-state index is 10.9. The first-order valence-corrected chi connectivity index (χ1v) is 5.63. The molecule has 2 amide bonds. The number of carbonyl (C=O) groups is 2. The number of nitrogens with zero attached hydrogens (tertiary/aromatic N) is 2. The molecule has 0 aromatic rings. The summed E-state index contributed by atoms with van der Waals surface area (Å²) >= 11 is 10.0. The minimum atomic E-state index is -0.160. The van der Waals surface area contributed by atoms with Crippen LogP contribution in [-0.2, 0) is 9.59 Å². The van der Waals surface area contributed by atoms with E-state index in [1.54, 1.807) is 14.1 Å². The van der Waals surface area contributed by atoms with Gasteiger partial charge in [0.25, 0.3) is 0 Å². The molecular formula is C9H16N4O2S2. The van der Waals surface area contributed by atoms with Crippen LogP contribution in [0.3, 0.4) is 0 Å². The molecule has 0 rings (SSSR count). The molecule has 0 fully saturated rings. The van der Waals surface area contributed by atoms with E-state index in [-0.39, 0.29) is 18.2 Å². The zero-order valence-corrected chi connectivity index (χ0v) is 11.9. The fraction of sp³-hybridized carbons (Fsp3) is 0.556. The smallest absolute Gasteiger partial charge is 0.237 e. The lowest BCUT2D eigenvalue weighted by Gasteiger charge is -2.21. The van der Waals surface area contributed by atoms with Crippen LogP contribution in [-0.4, -0.2) is 45.9 Å². The van der Waals surface area contributed by atoms with Crippen molar-refractivity contribution in [3.05, 3.63) is 0 Å². The summed E-state index contributed by atoms with van der Waals surface area (Å²) in [4.78, 5) is 22.7. The maximum absolute atomic E-state index is 10.9. The lowest BCUT2D eigenvalue weighted by atomic mass is 10.4. The Morgan fingerprint density at radius 2 is 1.24 bits per heavy atom. The Morgan fingerprint density at radius 1 is 0.941 bits per heavy atom. The molecule has 0 heterocycles. The molecule has 0 atom stereocenters. The number of carbonyl (C=O) groups excluding carboxylic acids is 2. The molecule has 0 aliphatic heterocycles. The monoisotopic (exact) mass is 276 g/mol. The van der Waals surface area contributed by atoms with Crippen molar-refractivity contribution in [3.8, 4) is 0 Å². The van der Waals surface area contributed by atoms with E-state index in [1.165, 1.54) is 23.9 Å². The summed E-state index contributed by atoms with van der Waals surface area (Å²) in [7, 11) is 3.12. The average molecular weight is 276 g/mol. The van der Waals surface area contributed by atoms with Crippen molar-refractivity contribution in [3.63, 3.8) is 0 Å². The van der Waals surface area contributed by atoms with Gasteiger partial charge in [0.2, 0.25) is 11.8 Å². The van der Waals surface area contributed by atoms with Crippen molar-refractivity contribution in [2.75, 3.05) is 14.1 Å². The standard InChI is InChI=1S/C9H16N4O2S2/c1-6(14)12(3)10-8(16)5-9(17)11-13(4)7(2)15/h5H2,1-4H3,(H,10,16)(H,11,17).